The molecule has 21 heavy (non-hydrogen) atoms. The number of carboxylic acids is 1. The fourth-order valence-electron chi connectivity index (χ4n) is 2.20. The maximum Gasteiger partial charge on any atom is 0.337 e. The van der Waals surface area contributed by atoms with Crippen molar-refractivity contribution in [1.29, 1.82) is 0 Å². The van der Waals surface area contributed by atoms with Crippen molar-refractivity contribution in [1.82, 2.24) is 24.7 Å². The molecule has 7 heteroatoms. The summed E-state index contributed by atoms with van der Waals surface area (Å²) in [5.74, 6) is -0.583. The molecule has 0 saturated heterocycles. The Balaban J connectivity index is 2.26. The second-order valence-electron chi connectivity index (χ2n) is 4.85. The van der Waals surface area contributed by atoms with Crippen LogP contribution in [0.5, 0.6) is 0 Å². The van der Waals surface area contributed by atoms with Crippen LogP contribution in [0.15, 0.2) is 18.3 Å². The van der Waals surface area contributed by atoms with Crippen LogP contribution in [0.4, 0.5) is 0 Å². The van der Waals surface area contributed by atoms with Gasteiger partial charge in [0.25, 0.3) is 5.95 Å². The molecule has 0 aliphatic carbocycles. The van der Waals surface area contributed by atoms with Gasteiger partial charge in [-0.3, -0.25) is 0 Å². The van der Waals surface area contributed by atoms with Gasteiger partial charge in [-0.15, -0.1) is 0 Å². The van der Waals surface area contributed by atoms with E-state index in [0.717, 1.165) is 11.4 Å². The normalized spacial score (nSPS) is 11.0. The Hall–Kier alpha value is -2.83. The highest BCUT2D eigenvalue weighted by atomic mass is 16.4. The van der Waals surface area contributed by atoms with E-state index in [2.05, 4.69) is 20.1 Å². The third kappa shape index (κ3) is 2.22. The maximum atomic E-state index is 11.0. The van der Waals surface area contributed by atoms with Gasteiger partial charge in [-0.05, 0) is 32.9 Å². The van der Waals surface area contributed by atoms with Crippen LogP contribution < -0.4 is 0 Å². The number of hydrogen-bond acceptors (Lipinski definition) is 5. The highest BCUT2D eigenvalue weighted by molar-refractivity contribution is 5.92. The Morgan fingerprint density at radius 1 is 1.14 bits per heavy atom. The summed E-state index contributed by atoms with van der Waals surface area (Å²) >= 11 is 0. The first-order chi connectivity index (χ1) is 9.95. The summed E-state index contributed by atoms with van der Waals surface area (Å²) in [5.41, 5.74) is 3.03. The first-order valence-corrected chi connectivity index (χ1v) is 6.37. The van der Waals surface area contributed by atoms with Gasteiger partial charge >= 0.3 is 5.97 Å². The minimum atomic E-state index is -1.01. The van der Waals surface area contributed by atoms with Gasteiger partial charge < -0.3 is 5.11 Å². The fraction of sp³-hybridized carbons (Fsp3) is 0.214. The molecule has 0 spiro atoms. The van der Waals surface area contributed by atoms with Crippen molar-refractivity contribution in [2.45, 2.75) is 20.8 Å². The minimum absolute atomic E-state index is 0.131. The summed E-state index contributed by atoms with van der Waals surface area (Å²) in [4.78, 5) is 23.9. The highest BCUT2D eigenvalue weighted by Gasteiger charge is 2.15. The molecule has 3 aromatic heterocycles. The quantitative estimate of drug-likeness (QED) is 0.771. The number of fused-ring (bicyclic) bond motifs is 1. The monoisotopic (exact) mass is 283 g/mol. The molecule has 0 amide bonds. The third-order valence-electron chi connectivity index (χ3n) is 3.11. The van der Waals surface area contributed by atoms with Crippen LogP contribution in [0.1, 0.15) is 27.4 Å². The van der Waals surface area contributed by atoms with E-state index in [4.69, 9.17) is 5.11 Å². The molecule has 0 radical (unpaired) electrons. The van der Waals surface area contributed by atoms with Crippen molar-refractivity contribution in [2.75, 3.05) is 0 Å². The molecule has 3 aromatic rings. The minimum Gasteiger partial charge on any atom is -0.478 e. The molecule has 0 saturated carbocycles. The zero-order valence-corrected chi connectivity index (χ0v) is 11.8. The Morgan fingerprint density at radius 2 is 1.81 bits per heavy atom. The predicted octanol–water partition coefficient (Wildman–Crippen LogP) is 1.83. The second-order valence-corrected chi connectivity index (χ2v) is 4.85. The van der Waals surface area contributed by atoms with Crippen LogP contribution in [-0.4, -0.2) is 35.8 Å². The molecule has 106 valence electrons. The predicted molar refractivity (Wildman–Crippen MR) is 75.6 cm³/mol. The Bertz CT molecular complexity index is 849. The molecule has 0 bridgehead atoms. The fourth-order valence-corrected chi connectivity index (χ4v) is 2.20. The topological polar surface area (TPSA) is 93.8 Å². The van der Waals surface area contributed by atoms with Crippen molar-refractivity contribution in [3.8, 4) is 5.95 Å². The molecule has 3 heterocycles. The van der Waals surface area contributed by atoms with E-state index < -0.39 is 5.97 Å². The SMILES string of the molecule is Cc1cc(C)nc(-n2nc(C)c3cc(C(=O)O)cnc32)n1. The van der Waals surface area contributed by atoms with Crippen molar-refractivity contribution in [3.63, 3.8) is 0 Å². The summed E-state index contributed by atoms with van der Waals surface area (Å²) in [6.45, 7) is 5.56. The molecular formula is C14H13N5O2. The zero-order valence-electron chi connectivity index (χ0n) is 11.8. The molecule has 0 fully saturated rings. The number of aryl methyl sites for hydroxylation is 3. The molecule has 3 rings (SSSR count). The van der Waals surface area contributed by atoms with Crippen molar-refractivity contribution < 1.29 is 9.90 Å². The van der Waals surface area contributed by atoms with Crippen LogP contribution >= 0.6 is 0 Å². The summed E-state index contributed by atoms with van der Waals surface area (Å²) in [7, 11) is 0. The van der Waals surface area contributed by atoms with Crippen LogP contribution in [0.25, 0.3) is 17.0 Å². The summed E-state index contributed by atoms with van der Waals surface area (Å²) in [6, 6.07) is 3.43. The first kappa shape index (κ1) is 13.2. The molecule has 7 nitrogen and oxygen atoms in total. The van der Waals surface area contributed by atoms with E-state index >= 15 is 0 Å². The van der Waals surface area contributed by atoms with Crippen LogP contribution in [0.3, 0.4) is 0 Å². The van der Waals surface area contributed by atoms with Crippen molar-refractivity contribution in [3.05, 3.63) is 41.0 Å². The highest BCUT2D eigenvalue weighted by Crippen LogP contribution is 2.20. The second kappa shape index (κ2) is 4.62. The first-order valence-electron chi connectivity index (χ1n) is 6.37. The van der Waals surface area contributed by atoms with Gasteiger partial charge in [0.1, 0.15) is 0 Å². The Labute approximate surface area is 120 Å². The van der Waals surface area contributed by atoms with Gasteiger partial charge in [-0.2, -0.15) is 9.78 Å². The molecule has 0 aliphatic rings. The van der Waals surface area contributed by atoms with Gasteiger partial charge in [-0.25, -0.2) is 19.7 Å². The van der Waals surface area contributed by atoms with Crippen molar-refractivity contribution in [2.24, 2.45) is 0 Å². The smallest absolute Gasteiger partial charge is 0.337 e. The Kier molecular flexibility index (Phi) is 2.90. The number of hydrogen-bond donors (Lipinski definition) is 1. The zero-order chi connectivity index (χ0) is 15.1. The lowest BCUT2D eigenvalue weighted by atomic mass is 10.2. The molecule has 0 atom stereocenters. The van der Waals surface area contributed by atoms with E-state index in [1.54, 1.807) is 13.0 Å². The number of carboxylic acid groups (broad SMARTS) is 1. The van der Waals surface area contributed by atoms with E-state index in [1.807, 2.05) is 19.9 Å². The lowest BCUT2D eigenvalue weighted by Gasteiger charge is -2.03. The Morgan fingerprint density at radius 3 is 2.43 bits per heavy atom. The average molecular weight is 283 g/mol. The van der Waals surface area contributed by atoms with Crippen LogP contribution in [-0.2, 0) is 0 Å². The number of nitrogens with zero attached hydrogens (tertiary/aromatic N) is 5. The number of aromatic nitrogens is 5. The van der Waals surface area contributed by atoms with Gasteiger partial charge in [0.2, 0.25) is 0 Å². The van der Waals surface area contributed by atoms with E-state index in [-0.39, 0.29) is 5.56 Å². The number of carbonyl (C=O) groups is 1. The summed E-state index contributed by atoms with van der Waals surface area (Å²) in [6.07, 6.45) is 1.31. The summed E-state index contributed by atoms with van der Waals surface area (Å²) in [5, 5.41) is 14.1. The van der Waals surface area contributed by atoms with Crippen LogP contribution in [0, 0.1) is 20.8 Å². The number of rotatable bonds is 2. The largest absolute Gasteiger partial charge is 0.478 e. The van der Waals surface area contributed by atoms with Gasteiger partial charge in [0, 0.05) is 23.0 Å². The molecule has 0 aromatic carbocycles. The lowest BCUT2D eigenvalue weighted by Crippen LogP contribution is -2.06. The third-order valence-corrected chi connectivity index (χ3v) is 3.11. The van der Waals surface area contributed by atoms with Gasteiger partial charge in [0.15, 0.2) is 5.65 Å². The summed E-state index contributed by atoms with van der Waals surface area (Å²) < 4.78 is 1.54. The molecule has 1 N–H and O–H groups in total. The average Bonchev–Trinajstić information content (AvgIpc) is 2.74. The van der Waals surface area contributed by atoms with Gasteiger partial charge in [0.05, 0.1) is 11.3 Å². The number of pyridine rings is 1. The maximum absolute atomic E-state index is 11.0. The van der Waals surface area contributed by atoms with Gasteiger partial charge in [-0.1, -0.05) is 0 Å². The van der Waals surface area contributed by atoms with E-state index in [1.165, 1.54) is 10.9 Å². The van der Waals surface area contributed by atoms with Crippen molar-refractivity contribution >= 4 is 17.0 Å². The van der Waals surface area contributed by atoms with Crippen LogP contribution in [0.2, 0.25) is 0 Å². The molecular weight excluding hydrogens is 270 g/mol. The lowest BCUT2D eigenvalue weighted by molar-refractivity contribution is 0.0696. The standard InChI is InChI=1S/C14H13N5O2/c1-7-4-8(2)17-14(16-7)19-12-11(9(3)18-19)5-10(6-15-12)13(20)21/h4-6H,1-3H3,(H,20,21). The molecule has 0 aliphatic heterocycles. The van der Waals surface area contributed by atoms with E-state index in [9.17, 15) is 4.79 Å². The van der Waals surface area contributed by atoms with E-state index in [0.29, 0.717) is 22.7 Å². The number of aromatic carboxylic acids is 1. The molecule has 0 unspecified atom stereocenters.